The van der Waals surface area contributed by atoms with Crippen LogP contribution in [0.2, 0.25) is 0 Å². The van der Waals surface area contributed by atoms with Gasteiger partial charge in [-0.2, -0.15) is 13.2 Å². The Hall–Kier alpha value is -2.77. The van der Waals surface area contributed by atoms with Crippen molar-refractivity contribution in [3.8, 4) is 11.5 Å². The van der Waals surface area contributed by atoms with Gasteiger partial charge in [-0.05, 0) is 17.7 Å². The first-order valence-electron chi connectivity index (χ1n) is 6.38. The first-order valence-corrected chi connectivity index (χ1v) is 6.38. The van der Waals surface area contributed by atoms with E-state index in [1.807, 2.05) is 0 Å². The molecule has 0 bridgehead atoms. The number of carbonyl (C=O) groups is 1. The Balaban J connectivity index is 2.15. The topological polar surface area (TPSA) is 68.7 Å². The summed E-state index contributed by atoms with van der Waals surface area (Å²) >= 11 is 0. The Kier molecular flexibility index (Phi) is 4.73. The molecule has 23 heavy (non-hydrogen) atoms. The number of aromatic nitrogens is 1. The minimum absolute atomic E-state index is 0.0441. The summed E-state index contributed by atoms with van der Waals surface area (Å²) < 4.78 is 47.8. The lowest BCUT2D eigenvalue weighted by atomic mass is 10.1. The lowest BCUT2D eigenvalue weighted by Gasteiger charge is -2.12. The minimum atomic E-state index is -4.40. The molecule has 5 nitrogen and oxygen atoms in total. The predicted octanol–water partition coefficient (Wildman–Crippen LogP) is 3.39. The van der Waals surface area contributed by atoms with E-state index in [9.17, 15) is 18.0 Å². The Bertz CT molecular complexity index is 699. The maximum absolute atomic E-state index is 12.5. The zero-order chi connectivity index (χ0) is 17.0. The van der Waals surface area contributed by atoms with Crippen molar-refractivity contribution in [1.29, 1.82) is 0 Å². The first kappa shape index (κ1) is 16.6. The maximum atomic E-state index is 12.5. The largest absolute Gasteiger partial charge is 0.491 e. The SMILES string of the molecule is COc1c(OCc2ccc(C(F)(F)F)cc2)ccnc1C(=O)O. The number of aromatic carboxylic acids is 1. The summed E-state index contributed by atoms with van der Waals surface area (Å²) in [5, 5.41) is 9.01. The van der Waals surface area contributed by atoms with Gasteiger partial charge in [0.1, 0.15) is 6.61 Å². The molecule has 0 aliphatic carbocycles. The van der Waals surface area contributed by atoms with E-state index in [1.54, 1.807) is 0 Å². The molecular formula is C15H12F3NO4. The zero-order valence-electron chi connectivity index (χ0n) is 11.9. The number of alkyl halides is 3. The highest BCUT2D eigenvalue weighted by Crippen LogP contribution is 2.31. The second-order valence-corrected chi connectivity index (χ2v) is 4.48. The standard InChI is InChI=1S/C15H12F3NO4/c1-22-13-11(6-7-19-12(13)14(20)21)23-8-9-2-4-10(5-3-9)15(16,17)18/h2-7H,8H2,1H3,(H,20,21). The van der Waals surface area contributed by atoms with Crippen LogP contribution in [-0.4, -0.2) is 23.2 Å². The molecule has 0 fully saturated rings. The summed E-state index contributed by atoms with van der Waals surface area (Å²) in [6, 6.07) is 5.88. The number of methoxy groups -OCH3 is 1. The van der Waals surface area contributed by atoms with Gasteiger partial charge in [0, 0.05) is 12.3 Å². The van der Waals surface area contributed by atoms with Gasteiger partial charge in [0.15, 0.2) is 17.2 Å². The highest BCUT2D eigenvalue weighted by Gasteiger charge is 2.29. The van der Waals surface area contributed by atoms with Gasteiger partial charge in [0.2, 0.25) is 0 Å². The first-order chi connectivity index (χ1) is 10.8. The van der Waals surface area contributed by atoms with Crippen LogP contribution in [-0.2, 0) is 12.8 Å². The van der Waals surface area contributed by atoms with Crippen LogP contribution < -0.4 is 9.47 Å². The molecule has 2 aromatic rings. The van der Waals surface area contributed by atoms with Gasteiger partial charge < -0.3 is 14.6 Å². The lowest BCUT2D eigenvalue weighted by molar-refractivity contribution is -0.137. The van der Waals surface area contributed by atoms with Crippen molar-refractivity contribution in [1.82, 2.24) is 4.98 Å². The third kappa shape index (κ3) is 3.91. The zero-order valence-corrected chi connectivity index (χ0v) is 11.9. The van der Waals surface area contributed by atoms with Crippen molar-refractivity contribution in [2.75, 3.05) is 7.11 Å². The number of hydrogen-bond acceptors (Lipinski definition) is 4. The van der Waals surface area contributed by atoms with Gasteiger partial charge in [-0.1, -0.05) is 12.1 Å². The van der Waals surface area contributed by atoms with E-state index in [2.05, 4.69) is 4.98 Å². The average molecular weight is 327 g/mol. The number of benzene rings is 1. The molecule has 0 atom stereocenters. The van der Waals surface area contributed by atoms with Crippen molar-refractivity contribution in [3.05, 3.63) is 53.3 Å². The summed E-state index contributed by atoms with van der Waals surface area (Å²) in [7, 11) is 1.27. The molecule has 8 heteroatoms. The fraction of sp³-hybridized carbons (Fsp3) is 0.200. The van der Waals surface area contributed by atoms with Crippen LogP contribution in [0, 0.1) is 0 Å². The lowest BCUT2D eigenvalue weighted by Crippen LogP contribution is -2.07. The van der Waals surface area contributed by atoms with Crippen LogP contribution in [0.1, 0.15) is 21.6 Å². The molecule has 1 aromatic carbocycles. The molecule has 0 aliphatic heterocycles. The highest BCUT2D eigenvalue weighted by atomic mass is 19.4. The number of carboxylic acids is 1. The summed E-state index contributed by atoms with van der Waals surface area (Å²) in [4.78, 5) is 14.7. The molecule has 0 saturated carbocycles. The van der Waals surface area contributed by atoms with Crippen LogP contribution in [0.3, 0.4) is 0 Å². The van der Waals surface area contributed by atoms with Gasteiger partial charge >= 0.3 is 12.1 Å². The highest BCUT2D eigenvalue weighted by molar-refractivity contribution is 5.89. The van der Waals surface area contributed by atoms with Gasteiger partial charge in [0.25, 0.3) is 0 Å². The quantitative estimate of drug-likeness (QED) is 0.912. The van der Waals surface area contributed by atoms with E-state index < -0.39 is 17.7 Å². The van der Waals surface area contributed by atoms with Gasteiger partial charge in [0.05, 0.1) is 12.7 Å². The molecular weight excluding hydrogens is 315 g/mol. The normalized spacial score (nSPS) is 11.1. The van der Waals surface area contributed by atoms with Gasteiger partial charge in [-0.3, -0.25) is 0 Å². The number of rotatable bonds is 5. The number of hydrogen-bond donors (Lipinski definition) is 1. The second-order valence-electron chi connectivity index (χ2n) is 4.48. The fourth-order valence-corrected chi connectivity index (χ4v) is 1.84. The summed E-state index contributed by atoms with van der Waals surface area (Å²) in [5.41, 5.74) is -0.568. The summed E-state index contributed by atoms with van der Waals surface area (Å²) in [5.74, 6) is -1.19. The van der Waals surface area contributed by atoms with Crippen LogP contribution in [0.25, 0.3) is 0 Å². The Morgan fingerprint density at radius 3 is 2.39 bits per heavy atom. The smallest absolute Gasteiger partial charge is 0.416 e. The van der Waals surface area contributed by atoms with Gasteiger partial charge in [-0.25, -0.2) is 9.78 Å². The van der Waals surface area contributed by atoms with E-state index in [0.29, 0.717) is 5.56 Å². The molecule has 1 N–H and O–H groups in total. The van der Waals surface area contributed by atoms with E-state index in [1.165, 1.54) is 31.5 Å². The third-order valence-corrected chi connectivity index (χ3v) is 2.95. The molecule has 1 heterocycles. The monoisotopic (exact) mass is 327 g/mol. The van der Waals surface area contributed by atoms with Crippen molar-refractivity contribution < 1.29 is 32.5 Å². The second kappa shape index (κ2) is 6.55. The Morgan fingerprint density at radius 2 is 1.87 bits per heavy atom. The number of nitrogens with zero attached hydrogens (tertiary/aromatic N) is 1. The Labute approximate surface area is 129 Å². The van der Waals surface area contributed by atoms with Crippen LogP contribution in [0.4, 0.5) is 13.2 Å². The maximum Gasteiger partial charge on any atom is 0.416 e. The molecule has 122 valence electrons. The average Bonchev–Trinajstić information content (AvgIpc) is 2.51. The van der Waals surface area contributed by atoms with Crippen LogP contribution in [0.15, 0.2) is 36.5 Å². The summed E-state index contributed by atoms with van der Waals surface area (Å²) in [6.45, 7) is -0.0441. The van der Waals surface area contributed by atoms with E-state index in [0.717, 1.165) is 12.1 Å². The number of carboxylic acid groups (broad SMARTS) is 1. The molecule has 0 radical (unpaired) electrons. The van der Waals surface area contributed by atoms with E-state index >= 15 is 0 Å². The molecule has 2 rings (SSSR count). The van der Waals surface area contributed by atoms with E-state index in [-0.39, 0.29) is 23.8 Å². The van der Waals surface area contributed by atoms with Crippen molar-refractivity contribution >= 4 is 5.97 Å². The molecule has 0 aliphatic rings. The Morgan fingerprint density at radius 1 is 1.22 bits per heavy atom. The molecule has 0 spiro atoms. The fourth-order valence-electron chi connectivity index (χ4n) is 1.84. The molecule has 0 unspecified atom stereocenters. The van der Waals surface area contributed by atoms with Crippen molar-refractivity contribution in [2.45, 2.75) is 12.8 Å². The molecule has 0 saturated heterocycles. The number of ether oxygens (including phenoxy) is 2. The van der Waals surface area contributed by atoms with Crippen molar-refractivity contribution in [3.63, 3.8) is 0 Å². The predicted molar refractivity (Wildman–Crippen MR) is 73.5 cm³/mol. The summed E-state index contributed by atoms with van der Waals surface area (Å²) in [6.07, 6.45) is -3.15. The third-order valence-electron chi connectivity index (χ3n) is 2.95. The number of halogens is 3. The molecule has 0 amide bonds. The van der Waals surface area contributed by atoms with E-state index in [4.69, 9.17) is 14.6 Å². The van der Waals surface area contributed by atoms with Crippen LogP contribution >= 0.6 is 0 Å². The minimum Gasteiger partial charge on any atom is -0.491 e. The number of pyridine rings is 1. The molecule has 1 aromatic heterocycles. The van der Waals surface area contributed by atoms with Gasteiger partial charge in [-0.15, -0.1) is 0 Å². The van der Waals surface area contributed by atoms with Crippen LogP contribution in [0.5, 0.6) is 11.5 Å². The van der Waals surface area contributed by atoms with Crippen molar-refractivity contribution in [2.24, 2.45) is 0 Å².